The highest BCUT2D eigenvalue weighted by molar-refractivity contribution is 5.96. The number of hydrogen-bond acceptors (Lipinski definition) is 4. The van der Waals surface area contributed by atoms with E-state index >= 15 is 0 Å². The lowest BCUT2D eigenvalue weighted by atomic mass is 10.1. The Bertz CT molecular complexity index is 464. The molecular weight excluding hydrogens is 220 g/mol. The largest absolute Gasteiger partial charge is 0.493 e. The Morgan fingerprint density at radius 3 is 2.47 bits per heavy atom. The fourth-order valence-corrected chi connectivity index (χ4v) is 1.44. The first kappa shape index (κ1) is 12.8. The van der Waals surface area contributed by atoms with Crippen LogP contribution < -0.4 is 14.8 Å². The predicted molar refractivity (Wildman–Crippen MR) is 62.2 cm³/mol. The molecule has 1 N–H and O–H groups in total. The normalized spacial score (nSPS) is 9.29. The molecule has 0 saturated heterocycles. The monoisotopic (exact) mass is 234 g/mol. The zero-order valence-corrected chi connectivity index (χ0v) is 10.0. The van der Waals surface area contributed by atoms with Crippen LogP contribution in [-0.2, 0) is 0 Å². The van der Waals surface area contributed by atoms with Gasteiger partial charge in [-0.1, -0.05) is 0 Å². The molecule has 1 aromatic carbocycles. The summed E-state index contributed by atoms with van der Waals surface area (Å²) in [5.41, 5.74) is 1.23. The van der Waals surface area contributed by atoms with Crippen LogP contribution in [0.5, 0.6) is 11.5 Å². The van der Waals surface area contributed by atoms with Crippen LogP contribution in [0.1, 0.15) is 15.9 Å². The molecule has 0 heterocycles. The molecule has 0 radical (unpaired) electrons. The predicted octanol–water partition coefficient (Wildman–Crippen LogP) is 1.27. The van der Waals surface area contributed by atoms with E-state index in [9.17, 15) is 4.79 Å². The summed E-state index contributed by atoms with van der Waals surface area (Å²) in [5, 5.41) is 10.9. The van der Waals surface area contributed by atoms with E-state index in [0.29, 0.717) is 17.1 Å². The van der Waals surface area contributed by atoms with Gasteiger partial charge in [0.2, 0.25) is 0 Å². The fourth-order valence-electron chi connectivity index (χ4n) is 1.44. The lowest BCUT2D eigenvalue weighted by Gasteiger charge is -2.12. The molecule has 0 saturated carbocycles. The van der Waals surface area contributed by atoms with Crippen molar-refractivity contribution in [2.75, 3.05) is 20.8 Å². The van der Waals surface area contributed by atoms with Gasteiger partial charge in [0.05, 0.1) is 20.3 Å². The van der Waals surface area contributed by atoms with Crippen molar-refractivity contribution in [3.63, 3.8) is 0 Å². The second kappa shape index (κ2) is 5.75. The van der Waals surface area contributed by atoms with Crippen molar-refractivity contribution >= 4 is 5.91 Å². The Balaban J connectivity index is 3.09. The SMILES string of the molecule is COc1cc(C)c(C(=O)NCC#N)cc1OC. The van der Waals surface area contributed by atoms with Crippen molar-refractivity contribution in [3.8, 4) is 17.6 Å². The number of amides is 1. The third-order valence-corrected chi connectivity index (χ3v) is 2.30. The van der Waals surface area contributed by atoms with Crippen molar-refractivity contribution < 1.29 is 14.3 Å². The lowest BCUT2D eigenvalue weighted by molar-refractivity contribution is 0.0957. The molecule has 0 aliphatic heterocycles. The van der Waals surface area contributed by atoms with Crippen LogP contribution in [0.15, 0.2) is 12.1 Å². The van der Waals surface area contributed by atoms with Crippen molar-refractivity contribution in [1.29, 1.82) is 5.26 Å². The molecule has 1 aromatic rings. The van der Waals surface area contributed by atoms with E-state index in [0.717, 1.165) is 5.56 Å². The molecule has 5 heteroatoms. The maximum atomic E-state index is 11.7. The van der Waals surface area contributed by atoms with E-state index in [2.05, 4.69) is 5.32 Å². The second-order valence-electron chi connectivity index (χ2n) is 3.36. The number of nitriles is 1. The third kappa shape index (κ3) is 2.88. The van der Waals surface area contributed by atoms with Crippen molar-refractivity contribution in [1.82, 2.24) is 5.32 Å². The van der Waals surface area contributed by atoms with E-state index < -0.39 is 0 Å². The van der Waals surface area contributed by atoms with Gasteiger partial charge in [0, 0.05) is 5.56 Å². The summed E-state index contributed by atoms with van der Waals surface area (Å²) in [5.74, 6) is 0.757. The highest BCUT2D eigenvalue weighted by Gasteiger charge is 2.13. The molecule has 5 nitrogen and oxygen atoms in total. The Hall–Kier alpha value is -2.22. The van der Waals surface area contributed by atoms with Gasteiger partial charge in [0.15, 0.2) is 11.5 Å². The zero-order chi connectivity index (χ0) is 12.8. The molecule has 1 amide bonds. The maximum absolute atomic E-state index is 11.7. The van der Waals surface area contributed by atoms with E-state index in [1.165, 1.54) is 14.2 Å². The summed E-state index contributed by atoms with van der Waals surface area (Å²) < 4.78 is 10.2. The zero-order valence-electron chi connectivity index (χ0n) is 10.0. The molecule has 1 rings (SSSR count). The number of carbonyl (C=O) groups excluding carboxylic acids is 1. The second-order valence-corrected chi connectivity index (χ2v) is 3.36. The number of nitrogens with one attached hydrogen (secondary N) is 1. The number of nitrogens with zero attached hydrogens (tertiary/aromatic N) is 1. The van der Waals surface area contributed by atoms with Gasteiger partial charge in [0.1, 0.15) is 6.54 Å². The highest BCUT2D eigenvalue weighted by atomic mass is 16.5. The molecule has 0 aromatic heterocycles. The summed E-state index contributed by atoms with van der Waals surface area (Å²) in [7, 11) is 3.04. The van der Waals surface area contributed by atoms with Crippen LogP contribution in [0, 0.1) is 18.3 Å². The quantitative estimate of drug-likeness (QED) is 0.796. The standard InChI is InChI=1S/C12H14N2O3/c1-8-6-10(16-2)11(17-3)7-9(8)12(15)14-5-4-13/h6-7H,5H2,1-3H3,(H,14,15). The first-order chi connectivity index (χ1) is 8.13. The third-order valence-electron chi connectivity index (χ3n) is 2.30. The molecule has 90 valence electrons. The molecular formula is C12H14N2O3. The molecule has 0 aliphatic carbocycles. The van der Waals surface area contributed by atoms with Crippen molar-refractivity contribution in [3.05, 3.63) is 23.3 Å². The molecule has 0 unspecified atom stereocenters. The van der Waals surface area contributed by atoms with E-state index in [4.69, 9.17) is 14.7 Å². The molecule has 0 atom stereocenters. The molecule has 0 fully saturated rings. The van der Waals surface area contributed by atoms with Gasteiger partial charge in [-0.15, -0.1) is 0 Å². The van der Waals surface area contributed by atoms with Gasteiger partial charge in [0.25, 0.3) is 5.91 Å². The van der Waals surface area contributed by atoms with E-state index in [-0.39, 0.29) is 12.5 Å². The number of rotatable bonds is 4. The van der Waals surface area contributed by atoms with Crippen molar-refractivity contribution in [2.24, 2.45) is 0 Å². The minimum atomic E-state index is -0.301. The van der Waals surface area contributed by atoms with Gasteiger partial charge in [-0.25, -0.2) is 0 Å². The average molecular weight is 234 g/mol. The van der Waals surface area contributed by atoms with Gasteiger partial charge < -0.3 is 14.8 Å². The number of ether oxygens (including phenoxy) is 2. The molecule has 17 heavy (non-hydrogen) atoms. The fraction of sp³-hybridized carbons (Fsp3) is 0.333. The number of benzene rings is 1. The minimum Gasteiger partial charge on any atom is -0.493 e. The summed E-state index contributed by atoms with van der Waals surface area (Å²) in [6.07, 6.45) is 0. The summed E-state index contributed by atoms with van der Waals surface area (Å²) in [6, 6.07) is 5.17. The van der Waals surface area contributed by atoms with Crippen LogP contribution in [-0.4, -0.2) is 26.7 Å². The molecule has 0 aliphatic rings. The topological polar surface area (TPSA) is 71.3 Å². The Labute approximate surface area is 100.0 Å². The van der Waals surface area contributed by atoms with Crippen molar-refractivity contribution in [2.45, 2.75) is 6.92 Å². The Kier molecular flexibility index (Phi) is 4.35. The Morgan fingerprint density at radius 1 is 1.35 bits per heavy atom. The smallest absolute Gasteiger partial charge is 0.252 e. The van der Waals surface area contributed by atoms with Gasteiger partial charge >= 0.3 is 0 Å². The van der Waals surface area contributed by atoms with Crippen LogP contribution in [0.3, 0.4) is 0 Å². The maximum Gasteiger partial charge on any atom is 0.252 e. The first-order valence-corrected chi connectivity index (χ1v) is 5.01. The summed E-state index contributed by atoms with van der Waals surface area (Å²) in [4.78, 5) is 11.7. The van der Waals surface area contributed by atoms with Gasteiger partial charge in [-0.2, -0.15) is 5.26 Å². The van der Waals surface area contributed by atoms with Crippen LogP contribution >= 0.6 is 0 Å². The number of methoxy groups -OCH3 is 2. The highest BCUT2D eigenvalue weighted by Crippen LogP contribution is 2.30. The average Bonchev–Trinajstić information content (AvgIpc) is 2.35. The number of carbonyl (C=O) groups is 1. The van der Waals surface area contributed by atoms with E-state index in [1.54, 1.807) is 19.1 Å². The minimum absolute atomic E-state index is 0.0212. The number of aryl methyl sites for hydroxylation is 1. The van der Waals surface area contributed by atoms with E-state index in [1.807, 2.05) is 6.07 Å². The van der Waals surface area contributed by atoms with Crippen LogP contribution in [0.2, 0.25) is 0 Å². The van der Waals surface area contributed by atoms with Crippen LogP contribution in [0.4, 0.5) is 0 Å². The lowest BCUT2D eigenvalue weighted by Crippen LogP contribution is -2.24. The first-order valence-electron chi connectivity index (χ1n) is 5.01. The summed E-state index contributed by atoms with van der Waals surface area (Å²) >= 11 is 0. The van der Waals surface area contributed by atoms with Gasteiger partial charge in [-0.05, 0) is 24.6 Å². The summed E-state index contributed by atoms with van der Waals surface area (Å²) in [6.45, 7) is 1.77. The van der Waals surface area contributed by atoms with Gasteiger partial charge in [-0.3, -0.25) is 4.79 Å². The number of hydrogen-bond donors (Lipinski definition) is 1. The molecule has 0 bridgehead atoms. The Morgan fingerprint density at radius 2 is 1.94 bits per heavy atom. The molecule has 0 spiro atoms. The van der Waals surface area contributed by atoms with Crippen LogP contribution in [0.25, 0.3) is 0 Å².